The van der Waals surface area contributed by atoms with Crippen LogP contribution in [0.4, 0.5) is 0 Å². The highest BCUT2D eigenvalue weighted by atomic mass is 32.2. The van der Waals surface area contributed by atoms with Gasteiger partial charge in [-0.15, -0.1) is 0 Å². The fraction of sp³-hybridized carbons (Fsp3) is 0.588. The van der Waals surface area contributed by atoms with E-state index in [0.29, 0.717) is 17.9 Å². The lowest BCUT2D eigenvalue weighted by atomic mass is 9.78. The third-order valence-electron chi connectivity index (χ3n) is 5.24. The molecule has 2 aliphatic rings. The van der Waals surface area contributed by atoms with Crippen LogP contribution in [0.25, 0.3) is 0 Å². The highest BCUT2D eigenvalue weighted by Gasteiger charge is 2.72. The molecule has 2 saturated heterocycles. The molecule has 3 heterocycles. The van der Waals surface area contributed by atoms with Crippen molar-refractivity contribution in [3.63, 3.8) is 0 Å². The first kappa shape index (κ1) is 18.0. The van der Waals surface area contributed by atoms with Crippen molar-refractivity contribution >= 4 is 29.5 Å². The first-order chi connectivity index (χ1) is 12.0. The fourth-order valence-corrected chi connectivity index (χ4v) is 4.62. The van der Waals surface area contributed by atoms with Gasteiger partial charge < -0.3 is 14.5 Å². The Bertz CT molecular complexity index is 677. The van der Waals surface area contributed by atoms with E-state index in [2.05, 4.69) is 0 Å². The molecule has 7 nitrogen and oxygen atoms in total. The van der Waals surface area contributed by atoms with Crippen LogP contribution >= 0.6 is 11.8 Å². The lowest BCUT2D eigenvalue weighted by Gasteiger charge is -2.28. The SMILES string of the molecule is CCOC(=O)[C@]1(CCSC)[NH2+][C@@H](c2ccco2)[C@H]2C(=O)N(C)C(=O)[C@H]21. The van der Waals surface area contributed by atoms with Gasteiger partial charge in [-0.1, -0.05) is 0 Å². The molecule has 0 spiro atoms. The molecule has 2 amide bonds. The third-order valence-corrected chi connectivity index (χ3v) is 5.85. The molecule has 3 rings (SSSR count). The first-order valence-electron chi connectivity index (χ1n) is 8.35. The van der Waals surface area contributed by atoms with E-state index in [9.17, 15) is 14.4 Å². The summed E-state index contributed by atoms with van der Waals surface area (Å²) >= 11 is 1.60. The van der Waals surface area contributed by atoms with Crippen LogP contribution < -0.4 is 5.32 Å². The summed E-state index contributed by atoms with van der Waals surface area (Å²) in [6.45, 7) is 1.97. The van der Waals surface area contributed by atoms with Crippen molar-refractivity contribution in [3.05, 3.63) is 24.2 Å². The van der Waals surface area contributed by atoms with Crippen molar-refractivity contribution in [3.8, 4) is 0 Å². The Hall–Kier alpha value is -1.80. The van der Waals surface area contributed by atoms with Crippen molar-refractivity contribution in [1.82, 2.24) is 4.90 Å². The van der Waals surface area contributed by atoms with Gasteiger partial charge in [-0.3, -0.25) is 14.5 Å². The molecular weight excluding hydrogens is 344 g/mol. The number of fused-ring (bicyclic) bond motifs is 1. The number of thioether (sulfide) groups is 1. The molecule has 0 radical (unpaired) electrons. The number of quaternary nitrogens is 1. The van der Waals surface area contributed by atoms with Gasteiger partial charge in [-0.2, -0.15) is 11.8 Å². The predicted octanol–water partition coefficient (Wildman–Crippen LogP) is 0.184. The highest BCUT2D eigenvalue weighted by molar-refractivity contribution is 7.98. The number of hydrogen-bond acceptors (Lipinski definition) is 6. The Labute approximate surface area is 150 Å². The molecule has 0 unspecified atom stereocenters. The number of hydrogen-bond donors (Lipinski definition) is 1. The van der Waals surface area contributed by atoms with Crippen LogP contribution in [0.3, 0.4) is 0 Å². The van der Waals surface area contributed by atoms with Crippen molar-refractivity contribution in [2.24, 2.45) is 11.8 Å². The first-order valence-corrected chi connectivity index (χ1v) is 9.74. The van der Waals surface area contributed by atoms with E-state index in [1.165, 1.54) is 13.3 Å². The lowest BCUT2D eigenvalue weighted by Crippen LogP contribution is -2.98. The molecule has 0 bridgehead atoms. The summed E-state index contributed by atoms with van der Waals surface area (Å²) in [5.74, 6) is -1.06. The number of carbonyl (C=O) groups excluding carboxylic acids is 3. The van der Waals surface area contributed by atoms with Gasteiger partial charge in [0.1, 0.15) is 11.8 Å². The van der Waals surface area contributed by atoms with Crippen LogP contribution in [0, 0.1) is 11.8 Å². The second-order valence-corrected chi connectivity index (χ2v) is 7.44. The largest absolute Gasteiger partial charge is 0.463 e. The second-order valence-electron chi connectivity index (χ2n) is 6.45. The van der Waals surface area contributed by atoms with Gasteiger partial charge >= 0.3 is 5.97 Å². The Morgan fingerprint density at radius 3 is 2.80 bits per heavy atom. The van der Waals surface area contributed by atoms with Crippen LogP contribution in [0.5, 0.6) is 0 Å². The van der Waals surface area contributed by atoms with Gasteiger partial charge in [-0.25, -0.2) is 4.79 Å². The number of nitrogens with zero attached hydrogens (tertiary/aromatic N) is 1. The summed E-state index contributed by atoms with van der Waals surface area (Å²) in [4.78, 5) is 39.6. The Balaban J connectivity index is 2.09. The number of carbonyl (C=O) groups is 3. The van der Waals surface area contributed by atoms with E-state index in [-0.39, 0.29) is 18.4 Å². The summed E-state index contributed by atoms with van der Waals surface area (Å²) in [7, 11) is 1.48. The number of nitrogens with two attached hydrogens (primary N) is 1. The average Bonchev–Trinajstić information content (AvgIpc) is 3.28. The molecule has 25 heavy (non-hydrogen) atoms. The summed E-state index contributed by atoms with van der Waals surface area (Å²) in [5, 5.41) is 1.83. The molecule has 8 heteroatoms. The van der Waals surface area contributed by atoms with Crippen molar-refractivity contribution < 1.29 is 28.9 Å². The fourth-order valence-electron chi connectivity index (χ4n) is 4.08. The van der Waals surface area contributed by atoms with Crippen LogP contribution in [0.2, 0.25) is 0 Å². The van der Waals surface area contributed by atoms with Gasteiger partial charge in [0.25, 0.3) is 0 Å². The molecule has 0 saturated carbocycles. The van der Waals surface area contributed by atoms with Gasteiger partial charge in [-0.05, 0) is 31.1 Å². The number of esters is 1. The standard InChI is InChI=1S/C17H22N2O5S/c1-4-23-16(22)17(7-9-25-3)12-11(14(20)19(2)15(12)21)13(18-17)10-6-5-8-24-10/h5-6,8,11-13,18H,4,7,9H2,1-3H3/p+1/t11-,12-,13-,17+/m0/s1. The molecule has 1 aromatic rings. The Morgan fingerprint density at radius 1 is 1.44 bits per heavy atom. The van der Waals surface area contributed by atoms with Gasteiger partial charge in [0, 0.05) is 13.5 Å². The molecule has 136 valence electrons. The van der Waals surface area contributed by atoms with Crippen LogP contribution in [-0.4, -0.2) is 53.9 Å². The van der Waals surface area contributed by atoms with E-state index in [4.69, 9.17) is 9.15 Å². The zero-order valence-electron chi connectivity index (χ0n) is 14.6. The van der Waals surface area contributed by atoms with E-state index in [1.54, 1.807) is 30.8 Å². The molecule has 2 fully saturated rings. The van der Waals surface area contributed by atoms with Crippen LogP contribution in [0.1, 0.15) is 25.1 Å². The number of amides is 2. The number of imide groups is 1. The van der Waals surface area contributed by atoms with Crippen molar-refractivity contribution in [2.45, 2.75) is 24.9 Å². The van der Waals surface area contributed by atoms with E-state index < -0.39 is 29.4 Å². The highest BCUT2D eigenvalue weighted by Crippen LogP contribution is 2.45. The Kier molecular flexibility index (Phi) is 4.92. The summed E-state index contributed by atoms with van der Waals surface area (Å²) in [5.41, 5.74) is -1.10. The molecule has 4 atom stereocenters. The van der Waals surface area contributed by atoms with Crippen LogP contribution in [-0.2, 0) is 19.1 Å². The van der Waals surface area contributed by atoms with E-state index in [1.807, 2.05) is 11.6 Å². The summed E-state index contributed by atoms with van der Waals surface area (Å²) in [6.07, 6.45) is 3.94. The van der Waals surface area contributed by atoms with Crippen molar-refractivity contribution in [2.75, 3.05) is 25.7 Å². The van der Waals surface area contributed by atoms with Gasteiger partial charge in [0.05, 0.1) is 12.9 Å². The van der Waals surface area contributed by atoms with Gasteiger partial charge in [0.15, 0.2) is 11.8 Å². The monoisotopic (exact) mass is 367 g/mol. The normalized spacial score (nSPS) is 31.5. The van der Waals surface area contributed by atoms with E-state index in [0.717, 1.165) is 4.90 Å². The smallest absolute Gasteiger partial charge is 0.368 e. The molecule has 0 aromatic carbocycles. The molecule has 2 N–H and O–H groups in total. The summed E-state index contributed by atoms with van der Waals surface area (Å²) < 4.78 is 10.8. The minimum absolute atomic E-state index is 0.231. The maximum absolute atomic E-state index is 12.9. The number of ether oxygens (including phenoxy) is 1. The zero-order chi connectivity index (χ0) is 18.2. The topological polar surface area (TPSA) is 93.4 Å². The van der Waals surface area contributed by atoms with E-state index >= 15 is 0 Å². The predicted molar refractivity (Wildman–Crippen MR) is 90.5 cm³/mol. The number of furan rings is 1. The second kappa shape index (κ2) is 6.84. The van der Waals surface area contributed by atoms with Gasteiger partial charge in [0.2, 0.25) is 17.4 Å². The molecule has 0 aliphatic carbocycles. The number of likely N-dealkylation sites (tertiary alicyclic amines) is 1. The molecule has 1 aromatic heterocycles. The maximum atomic E-state index is 12.9. The molecule has 2 aliphatic heterocycles. The molecular formula is C17H23N2O5S+. The van der Waals surface area contributed by atoms with Crippen molar-refractivity contribution in [1.29, 1.82) is 0 Å². The minimum atomic E-state index is -1.10. The Morgan fingerprint density at radius 2 is 2.20 bits per heavy atom. The maximum Gasteiger partial charge on any atom is 0.368 e. The minimum Gasteiger partial charge on any atom is -0.463 e. The summed E-state index contributed by atoms with van der Waals surface area (Å²) in [6, 6.07) is 3.12. The zero-order valence-corrected chi connectivity index (χ0v) is 15.4. The third kappa shape index (κ3) is 2.67. The number of rotatable bonds is 6. The van der Waals surface area contributed by atoms with Crippen LogP contribution in [0.15, 0.2) is 22.8 Å². The quantitative estimate of drug-likeness (QED) is 0.570. The lowest BCUT2D eigenvalue weighted by molar-refractivity contribution is -0.736. The average molecular weight is 367 g/mol.